The lowest BCUT2D eigenvalue weighted by atomic mass is 10.2. The number of carbonyl (C=O) groups excluding carboxylic acids is 1. The molecule has 0 aliphatic rings. The first kappa shape index (κ1) is 16.6. The van der Waals surface area contributed by atoms with E-state index < -0.39 is 0 Å². The van der Waals surface area contributed by atoms with Crippen molar-refractivity contribution in [3.63, 3.8) is 0 Å². The lowest BCUT2D eigenvalue weighted by Gasteiger charge is -2.21. The van der Waals surface area contributed by atoms with Gasteiger partial charge in [-0.05, 0) is 38.5 Å². The molecule has 128 valence electrons. The second-order valence-electron chi connectivity index (χ2n) is 5.63. The Morgan fingerprint density at radius 3 is 2.56 bits per heavy atom. The van der Waals surface area contributed by atoms with Gasteiger partial charge in [0, 0.05) is 30.7 Å². The number of hydrogen-bond acceptors (Lipinski definition) is 6. The second-order valence-corrected chi connectivity index (χ2v) is 5.63. The molecular weight excluding hydrogens is 318 g/mol. The van der Waals surface area contributed by atoms with Crippen molar-refractivity contribution < 1.29 is 9.32 Å². The van der Waals surface area contributed by atoms with Gasteiger partial charge in [0.2, 0.25) is 5.95 Å². The summed E-state index contributed by atoms with van der Waals surface area (Å²) in [6.45, 7) is 6.54. The molecule has 3 rings (SSSR count). The first-order chi connectivity index (χ1) is 12.1. The number of carbonyl (C=O) groups is 1. The quantitative estimate of drug-likeness (QED) is 0.767. The first-order valence-corrected chi connectivity index (χ1v) is 7.97. The third-order valence-electron chi connectivity index (χ3n) is 3.64. The van der Waals surface area contributed by atoms with Crippen LogP contribution < -0.4 is 10.2 Å². The van der Waals surface area contributed by atoms with E-state index in [0.717, 1.165) is 11.3 Å². The van der Waals surface area contributed by atoms with Crippen molar-refractivity contribution in [2.24, 2.45) is 0 Å². The van der Waals surface area contributed by atoms with Gasteiger partial charge in [-0.15, -0.1) is 0 Å². The zero-order valence-corrected chi connectivity index (χ0v) is 14.4. The first-order valence-electron chi connectivity index (χ1n) is 7.97. The largest absolute Gasteiger partial charge is 0.360 e. The number of nitrogens with zero attached hydrogens (tertiary/aromatic N) is 4. The Morgan fingerprint density at radius 2 is 1.96 bits per heavy atom. The fraction of sp³-hybridized carbons (Fsp3) is 0.222. The molecule has 0 aliphatic carbocycles. The van der Waals surface area contributed by atoms with E-state index in [9.17, 15) is 4.79 Å². The molecule has 1 N–H and O–H groups in total. The highest BCUT2D eigenvalue weighted by atomic mass is 16.5. The molecule has 0 spiro atoms. The van der Waals surface area contributed by atoms with Crippen LogP contribution in [0.25, 0.3) is 0 Å². The molecule has 2 heterocycles. The molecule has 0 unspecified atom stereocenters. The van der Waals surface area contributed by atoms with E-state index in [1.54, 1.807) is 13.0 Å². The Hall–Kier alpha value is -3.22. The van der Waals surface area contributed by atoms with Crippen molar-refractivity contribution in [2.45, 2.75) is 20.8 Å². The van der Waals surface area contributed by atoms with Crippen molar-refractivity contribution in [3.8, 4) is 0 Å². The van der Waals surface area contributed by atoms with E-state index >= 15 is 0 Å². The van der Waals surface area contributed by atoms with Gasteiger partial charge in [-0.2, -0.15) is 0 Å². The number of aryl methyl sites for hydroxylation is 2. The number of aromatic nitrogens is 3. The SMILES string of the molecule is CCN(c1cccc(C)c1)c1ncc(C(=O)Nc2cc(C)on2)cn1. The molecule has 0 saturated carbocycles. The van der Waals surface area contributed by atoms with Crippen LogP contribution in [0.5, 0.6) is 0 Å². The second kappa shape index (κ2) is 7.12. The zero-order chi connectivity index (χ0) is 17.8. The normalized spacial score (nSPS) is 10.5. The van der Waals surface area contributed by atoms with Crippen LogP contribution in [0, 0.1) is 13.8 Å². The molecule has 7 nitrogen and oxygen atoms in total. The molecule has 3 aromatic rings. The topological polar surface area (TPSA) is 84.2 Å². The third-order valence-corrected chi connectivity index (χ3v) is 3.64. The maximum Gasteiger partial charge on any atom is 0.260 e. The van der Waals surface area contributed by atoms with Gasteiger partial charge in [-0.25, -0.2) is 9.97 Å². The molecule has 1 aromatic carbocycles. The number of anilines is 3. The van der Waals surface area contributed by atoms with E-state index in [0.29, 0.717) is 29.6 Å². The van der Waals surface area contributed by atoms with Crippen LogP contribution >= 0.6 is 0 Å². The fourth-order valence-electron chi connectivity index (χ4n) is 2.43. The lowest BCUT2D eigenvalue weighted by Crippen LogP contribution is -2.20. The minimum Gasteiger partial charge on any atom is -0.360 e. The summed E-state index contributed by atoms with van der Waals surface area (Å²) in [4.78, 5) is 22.9. The molecule has 7 heteroatoms. The van der Waals surface area contributed by atoms with Crippen LogP contribution in [-0.2, 0) is 0 Å². The molecule has 25 heavy (non-hydrogen) atoms. The number of hydrogen-bond donors (Lipinski definition) is 1. The average Bonchev–Trinajstić information content (AvgIpc) is 3.01. The molecule has 0 radical (unpaired) electrons. The molecule has 0 bridgehead atoms. The van der Waals surface area contributed by atoms with Gasteiger partial charge in [0.25, 0.3) is 5.91 Å². The Labute approximate surface area is 145 Å². The highest BCUT2D eigenvalue weighted by molar-refractivity contribution is 6.03. The van der Waals surface area contributed by atoms with E-state index in [1.807, 2.05) is 36.9 Å². The van der Waals surface area contributed by atoms with Gasteiger partial charge in [0.15, 0.2) is 5.82 Å². The van der Waals surface area contributed by atoms with Gasteiger partial charge < -0.3 is 14.7 Å². The smallest absolute Gasteiger partial charge is 0.260 e. The van der Waals surface area contributed by atoms with Crippen LogP contribution in [0.1, 0.15) is 28.6 Å². The summed E-state index contributed by atoms with van der Waals surface area (Å²) < 4.78 is 4.92. The Kier molecular flexibility index (Phi) is 4.74. The van der Waals surface area contributed by atoms with Gasteiger partial charge >= 0.3 is 0 Å². The monoisotopic (exact) mass is 337 g/mol. The fourth-order valence-corrected chi connectivity index (χ4v) is 2.43. The average molecular weight is 337 g/mol. The number of nitrogens with one attached hydrogen (secondary N) is 1. The van der Waals surface area contributed by atoms with Crippen molar-refractivity contribution in [1.82, 2.24) is 15.1 Å². The van der Waals surface area contributed by atoms with Crippen molar-refractivity contribution >= 4 is 23.4 Å². The van der Waals surface area contributed by atoms with Crippen LogP contribution in [0.3, 0.4) is 0 Å². The van der Waals surface area contributed by atoms with Gasteiger partial charge in [0.1, 0.15) is 5.76 Å². The minimum absolute atomic E-state index is 0.335. The highest BCUT2D eigenvalue weighted by Crippen LogP contribution is 2.22. The standard InChI is InChI=1S/C18H19N5O2/c1-4-23(15-7-5-6-12(2)8-15)18-19-10-14(11-20-18)17(24)21-16-9-13(3)25-22-16/h5-11H,4H2,1-3H3,(H,21,22,24). The van der Waals surface area contributed by atoms with E-state index in [1.165, 1.54) is 12.4 Å². The predicted octanol–water partition coefficient (Wildman–Crippen LogP) is 3.49. The summed E-state index contributed by atoms with van der Waals surface area (Å²) in [5.74, 6) is 1.19. The lowest BCUT2D eigenvalue weighted by molar-refractivity contribution is 0.102. The van der Waals surface area contributed by atoms with Gasteiger partial charge in [-0.3, -0.25) is 4.79 Å². The van der Waals surface area contributed by atoms with Crippen molar-refractivity contribution in [3.05, 3.63) is 59.6 Å². The summed E-state index contributed by atoms with van der Waals surface area (Å²) in [6.07, 6.45) is 3.01. The summed E-state index contributed by atoms with van der Waals surface area (Å²) in [6, 6.07) is 9.75. The summed E-state index contributed by atoms with van der Waals surface area (Å²) >= 11 is 0. The van der Waals surface area contributed by atoms with Crippen LogP contribution in [0.2, 0.25) is 0 Å². The number of amides is 1. The molecule has 1 amide bonds. The van der Waals surface area contributed by atoms with Crippen molar-refractivity contribution in [2.75, 3.05) is 16.8 Å². The predicted molar refractivity (Wildman–Crippen MR) is 95.1 cm³/mol. The highest BCUT2D eigenvalue weighted by Gasteiger charge is 2.13. The maximum absolute atomic E-state index is 12.2. The Balaban J connectivity index is 1.77. The molecule has 2 aromatic heterocycles. The molecule has 0 aliphatic heterocycles. The van der Waals surface area contributed by atoms with E-state index in [-0.39, 0.29) is 5.91 Å². The van der Waals surface area contributed by atoms with Crippen LogP contribution in [0.15, 0.2) is 47.2 Å². The summed E-state index contributed by atoms with van der Waals surface area (Å²) in [5.41, 5.74) is 2.53. The molecule has 0 saturated heterocycles. The number of benzene rings is 1. The zero-order valence-electron chi connectivity index (χ0n) is 14.4. The van der Waals surface area contributed by atoms with Crippen LogP contribution in [0.4, 0.5) is 17.5 Å². The van der Waals surface area contributed by atoms with Crippen LogP contribution in [-0.4, -0.2) is 27.6 Å². The van der Waals surface area contributed by atoms with E-state index in [4.69, 9.17) is 4.52 Å². The molecular formula is C18H19N5O2. The third kappa shape index (κ3) is 3.82. The van der Waals surface area contributed by atoms with E-state index in [2.05, 4.69) is 26.5 Å². The summed E-state index contributed by atoms with van der Waals surface area (Å²) in [7, 11) is 0. The summed E-state index contributed by atoms with van der Waals surface area (Å²) in [5, 5.41) is 6.38. The Bertz CT molecular complexity index is 873. The molecule has 0 fully saturated rings. The van der Waals surface area contributed by atoms with Gasteiger partial charge in [-0.1, -0.05) is 17.3 Å². The Morgan fingerprint density at radius 1 is 1.20 bits per heavy atom. The van der Waals surface area contributed by atoms with Crippen molar-refractivity contribution in [1.29, 1.82) is 0 Å². The maximum atomic E-state index is 12.2. The van der Waals surface area contributed by atoms with Gasteiger partial charge in [0.05, 0.1) is 5.56 Å². The minimum atomic E-state index is -0.335. The molecule has 0 atom stereocenters. The number of rotatable bonds is 5.